The first-order valence-electron chi connectivity index (χ1n) is 11.7. The van der Waals surface area contributed by atoms with E-state index in [1.165, 1.54) is 25.7 Å². The third-order valence-corrected chi connectivity index (χ3v) is 6.39. The largest absolute Gasteiger partial charge is 0.491 e. The predicted octanol–water partition coefficient (Wildman–Crippen LogP) is 4.66. The van der Waals surface area contributed by atoms with Crippen LogP contribution in [-0.2, 0) is 7.05 Å². The molecule has 7 heteroatoms. The summed E-state index contributed by atoms with van der Waals surface area (Å²) in [7, 11) is 3.77. The van der Waals surface area contributed by atoms with E-state index in [9.17, 15) is 4.79 Å². The quantitative estimate of drug-likeness (QED) is 0.497. The minimum Gasteiger partial charge on any atom is -0.491 e. The van der Waals surface area contributed by atoms with Crippen molar-refractivity contribution in [3.8, 4) is 28.1 Å². The lowest BCUT2D eigenvalue weighted by atomic mass is 10.00. The summed E-state index contributed by atoms with van der Waals surface area (Å²) < 4.78 is 7.09. The molecule has 1 aromatic heterocycles. The lowest BCUT2D eigenvalue weighted by molar-refractivity contribution is 0.201. The standard InChI is InChI=1S/C27H30N4O3/c1-28-22-12-8-21(9-13-22)25-24(20-10-14-23(15-11-20)34-17-16-32)26(33)31(3)27(29-25)30(2)18-19-6-4-5-7-19/h8-15,19,32H,4-7,16-18H2,2-3H3. The normalized spacial score (nSPS) is 13.6. The average molecular weight is 459 g/mol. The first kappa shape index (κ1) is 23.5. The van der Waals surface area contributed by atoms with E-state index < -0.39 is 0 Å². The Bertz CT molecular complexity index is 1220. The molecule has 3 aromatic rings. The molecular weight excluding hydrogens is 428 g/mol. The van der Waals surface area contributed by atoms with Gasteiger partial charge in [0.15, 0.2) is 5.69 Å². The van der Waals surface area contributed by atoms with Crippen molar-refractivity contribution < 1.29 is 9.84 Å². The Hall–Kier alpha value is -3.63. The smallest absolute Gasteiger partial charge is 0.263 e. The fourth-order valence-electron chi connectivity index (χ4n) is 4.64. The van der Waals surface area contributed by atoms with E-state index in [1.807, 2.05) is 31.3 Å². The molecule has 0 amide bonds. The second-order valence-electron chi connectivity index (χ2n) is 8.79. The molecule has 0 bridgehead atoms. The van der Waals surface area contributed by atoms with E-state index in [0.29, 0.717) is 34.6 Å². The Balaban J connectivity index is 1.81. The van der Waals surface area contributed by atoms with Crippen LogP contribution in [-0.4, -0.2) is 41.5 Å². The molecule has 7 nitrogen and oxygen atoms in total. The van der Waals surface area contributed by atoms with Crippen LogP contribution in [0.15, 0.2) is 53.3 Å². The number of aliphatic hydroxyl groups is 1. The highest BCUT2D eigenvalue weighted by Crippen LogP contribution is 2.32. The van der Waals surface area contributed by atoms with Crippen molar-refractivity contribution >= 4 is 11.6 Å². The molecule has 1 heterocycles. The van der Waals surface area contributed by atoms with Gasteiger partial charge >= 0.3 is 0 Å². The van der Waals surface area contributed by atoms with E-state index in [4.69, 9.17) is 21.4 Å². The van der Waals surface area contributed by atoms with Gasteiger partial charge in [-0.05, 0) is 42.0 Å². The summed E-state index contributed by atoms with van der Waals surface area (Å²) in [6, 6.07) is 14.4. The topological polar surface area (TPSA) is 72.0 Å². The van der Waals surface area contributed by atoms with E-state index in [1.54, 1.807) is 35.9 Å². The fourth-order valence-corrected chi connectivity index (χ4v) is 4.64. The van der Waals surface area contributed by atoms with E-state index in [2.05, 4.69) is 9.74 Å². The van der Waals surface area contributed by atoms with Crippen LogP contribution < -0.4 is 15.2 Å². The minimum atomic E-state index is -0.128. The average Bonchev–Trinajstić information content (AvgIpc) is 3.37. The number of ether oxygens (including phenoxy) is 1. The molecule has 1 aliphatic carbocycles. The maximum atomic E-state index is 13.7. The van der Waals surface area contributed by atoms with Crippen molar-refractivity contribution in [2.75, 3.05) is 31.7 Å². The van der Waals surface area contributed by atoms with Gasteiger partial charge in [-0.3, -0.25) is 9.36 Å². The van der Waals surface area contributed by atoms with Crippen molar-refractivity contribution in [1.82, 2.24) is 9.55 Å². The van der Waals surface area contributed by atoms with Crippen molar-refractivity contribution in [1.29, 1.82) is 0 Å². The van der Waals surface area contributed by atoms with Crippen LogP contribution in [0.2, 0.25) is 0 Å². The van der Waals surface area contributed by atoms with Crippen molar-refractivity contribution in [2.45, 2.75) is 25.7 Å². The molecule has 1 fully saturated rings. The Morgan fingerprint density at radius 2 is 1.76 bits per heavy atom. The lowest BCUT2D eigenvalue weighted by Crippen LogP contribution is -2.33. The minimum absolute atomic E-state index is 0.0627. The van der Waals surface area contributed by atoms with Crippen LogP contribution in [0.4, 0.5) is 11.6 Å². The fraction of sp³-hybridized carbons (Fsp3) is 0.370. The molecule has 1 aliphatic rings. The summed E-state index contributed by atoms with van der Waals surface area (Å²) >= 11 is 0. The van der Waals surface area contributed by atoms with Crippen molar-refractivity contribution in [3.63, 3.8) is 0 Å². The van der Waals surface area contributed by atoms with E-state index >= 15 is 0 Å². The van der Waals surface area contributed by atoms with Gasteiger partial charge in [-0.15, -0.1) is 0 Å². The summed E-state index contributed by atoms with van der Waals surface area (Å²) in [5.74, 6) is 1.88. The third-order valence-electron chi connectivity index (χ3n) is 6.39. The molecule has 0 radical (unpaired) electrons. The number of hydrogen-bond donors (Lipinski definition) is 1. The highest BCUT2D eigenvalue weighted by atomic mass is 16.5. The van der Waals surface area contributed by atoms with Crippen LogP contribution in [0.5, 0.6) is 5.75 Å². The molecule has 0 saturated heterocycles. The maximum Gasteiger partial charge on any atom is 0.263 e. The van der Waals surface area contributed by atoms with Crippen molar-refractivity contribution in [3.05, 3.63) is 70.3 Å². The molecule has 2 aromatic carbocycles. The van der Waals surface area contributed by atoms with Gasteiger partial charge in [-0.2, -0.15) is 0 Å². The molecule has 4 rings (SSSR count). The molecule has 0 spiro atoms. The van der Waals surface area contributed by atoms with Crippen LogP contribution >= 0.6 is 0 Å². The number of anilines is 1. The van der Waals surface area contributed by atoms with E-state index in [0.717, 1.165) is 17.7 Å². The van der Waals surface area contributed by atoms with Gasteiger partial charge in [0.25, 0.3) is 5.56 Å². The van der Waals surface area contributed by atoms with E-state index in [-0.39, 0.29) is 18.8 Å². The molecule has 0 atom stereocenters. The van der Waals surface area contributed by atoms with Crippen LogP contribution in [0.1, 0.15) is 25.7 Å². The molecule has 1 saturated carbocycles. The Morgan fingerprint density at radius 1 is 1.12 bits per heavy atom. The predicted molar refractivity (Wildman–Crippen MR) is 134 cm³/mol. The number of nitrogens with zero attached hydrogens (tertiary/aromatic N) is 4. The molecule has 1 N–H and O–H groups in total. The zero-order chi connectivity index (χ0) is 24.1. The summed E-state index contributed by atoms with van der Waals surface area (Å²) in [5, 5.41) is 8.99. The highest BCUT2D eigenvalue weighted by molar-refractivity contribution is 5.81. The number of rotatable bonds is 8. The van der Waals surface area contributed by atoms with Crippen molar-refractivity contribution in [2.24, 2.45) is 13.0 Å². The second kappa shape index (κ2) is 10.5. The maximum absolute atomic E-state index is 13.7. The van der Waals surface area contributed by atoms with Gasteiger partial charge in [0.1, 0.15) is 12.4 Å². The molecule has 0 aliphatic heterocycles. The van der Waals surface area contributed by atoms with Gasteiger partial charge < -0.3 is 14.7 Å². The van der Waals surface area contributed by atoms with Crippen LogP contribution in [0, 0.1) is 12.5 Å². The summed E-state index contributed by atoms with van der Waals surface area (Å²) in [6.07, 6.45) is 4.96. The van der Waals surface area contributed by atoms with Gasteiger partial charge in [0.05, 0.1) is 24.4 Å². The highest BCUT2D eigenvalue weighted by Gasteiger charge is 2.23. The molecule has 0 unspecified atom stereocenters. The van der Waals surface area contributed by atoms with Gasteiger partial charge in [-0.1, -0.05) is 49.2 Å². The second-order valence-corrected chi connectivity index (χ2v) is 8.79. The third kappa shape index (κ3) is 4.97. The zero-order valence-corrected chi connectivity index (χ0v) is 19.7. The number of aliphatic hydroxyl groups excluding tert-OH is 1. The Kier molecular flexibility index (Phi) is 7.29. The zero-order valence-electron chi connectivity index (χ0n) is 19.7. The SMILES string of the molecule is [C-]#[N+]c1ccc(-c2nc(N(C)CC3CCCC3)n(C)c(=O)c2-c2ccc(OCCO)cc2)cc1. The first-order chi connectivity index (χ1) is 16.5. The monoisotopic (exact) mass is 458 g/mol. The lowest BCUT2D eigenvalue weighted by Gasteiger charge is -2.25. The van der Waals surface area contributed by atoms with Crippen LogP contribution in [0.3, 0.4) is 0 Å². The molecule has 34 heavy (non-hydrogen) atoms. The summed E-state index contributed by atoms with van der Waals surface area (Å²) in [4.78, 5) is 24.3. The number of hydrogen-bond acceptors (Lipinski definition) is 5. The van der Waals surface area contributed by atoms with Gasteiger partial charge in [0, 0.05) is 20.6 Å². The number of aromatic nitrogens is 2. The first-order valence-corrected chi connectivity index (χ1v) is 11.7. The van der Waals surface area contributed by atoms with Crippen LogP contribution in [0.25, 0.3) is 27.2 Å². The Labute approximate surface area is 200 Å². The van der Waals surface area contributed by atoms with Gasteiger partial charge in [-0.25, -0.2) is 9.83 Å². The number of benzene rings is 2. The molecular formula is C27H30N4O3. The van der Waals surface area contributed by atoms with Gasteiger partial charge in [0.2, 0.25) is 5.95 Å². The molecule has 176 valence electrons. The summed E-state index contributed by atoms with van der Waals surface area (Å²) in [6.45, 7) is 8.26. The Morgan fingerprint density at radius 3 is 2.38 bits per heavy atom. The summed E-state index contributed by atoms with van der Waals surface area (Å²) in [5.41, 5.74) is 3.03.